The van der Waals surface area contributed by atoms with Crippen LogP contribution in [0, 0.1) is 0 Å². The van der Waals surface area contributed by atoms with Crippen LogP contribution in [0.5, 0.6) is 0 Å². The van der Waals surface area contributed by atoms with E-state index in [-0.39, 0.29) is 18.6 Å². The van der Waals surface area contributed by atoms with Crippen LogP contribution < -0.4 is 5.32 Å². The molecule has 1 amide bonds. The highest BCUT2D eigenvalue weighted by atomic mass is 16.3. The van der Waals surface area contributed by atoms with Crippen molar-refractivity contribution >= 4 is 5.91 Å². The number of nitrogens with one attached hydrogen (secondary N) is 1. The number of hydrogen-bond donors (Lipinski definition) is 2. The predicted molar refractivity (Wildman–Crippen MR) is 73.4 cm³/mol. The number of benzene rings is 1. The summed E-state index contributed by atoms with van der Waals surface area (Å²) >= 11 is 0. The van der Waals surface area contributed by atoms with E-state index in [9.17, 15) is 9.90 Å². The van der Waals surface area contributed by atoms with E-state index in [1.54, 1.807) is 0 Å². The van der Waals surface area contributed by atoms with Crippen molar-refractivity contribution in [1.29, 1.82) is 0 Å². The fourth-order valence-electron chi connectivity index (χ4n) is 1.96. The molecular weight excluding hydrogens is 240 g/mol. The van der Waals surface area contributed by atoms with Gasteiger partial charge in [0.15, 0.2) is 0 Å². The third kappa shape index (κ3) is 3.23. The second-order valence-corrected chi connectivity index (χ2v) is 4.45. The second-order valence-electron chi connectivity index (χ2n) is 4.45. The molecule has 1 aromatic carbocycles. The average Bonchev–Trinajstić information content (AvgIpc) is 2.98. The maximum absolute atomic E-state index is 12.0. The van der Waals surface area contributed by atoms with E-state index in [1.165, 1.54) is 0 Å². The van der Waals surface area contributed by atoms with Crippen molar-refractivity contribution < 1.29 is 9.90 Å². The molecule has 0 aliphatic rings. The molecule has 1 atom stereocenters. The maximum atomic E-state index is 12.0. The largest absolute Gasteiger partial charge is 0.392 e. The van der Waals surface area contributed by atoms with Gasteiger partial charge in [0.1, 0.15) is 6.04 Å². The Labute approximate surface area is 112 Å². The predicted octanol–water partition coefficient (Wildman–Crippen LogP) is 1.86. The van der Waals surface area contributed by atoms with Crippen LogP contribution in [-0.4, -0.2) is 15.6 Å². The molecular formula is C15H18N2O2. The van der Waals surface area contributed by atoms with E-state index in [2.05, 4.69) is 5.32 Å². The molecule has 2 rings (SSSR count). The summed E-state index contributed by atoms with van der Waals surface area (Å²) in [5.74, 6) is -0.0380. The summed E-state index contributed by atoms with van der Waals surface area (Å²) in [6, 6.07) is 11.1. The number of hydrogen-bond acceptors (Lipinski definition) is 2. The molecule has 0 bridgehead atoms. The smallest absolute Gasteiger partial charge is 0.243 e. The Hall–Kier alpha value is -2.07. The summed E-state index contributed by atoms with van der Waals surface area (Å²) in [4.78, 5) is 12.0. The zero-order chi connectivity index (χ0) is 13.7. The van der Waals surface area contributed by atoms with Crippen LogP contribution >= 0.6 is 0 Å². The standard InChI is InChI=1S/C15H18N2O2/c1-12(17-8-4-5-9-17)15(19)16-10-13-6-2-3-7-14(13)11-18/h2-9,12,18H,10-11H2,1H3,(H,16,19). The molecule has 0 aliphatic carbocycles. The lowest BCUT2D eigenvalue weighted by molar-refractivity contribution is -0.124. The van der Waals surface area contributed by atoms with Gasteiger partial charge in [-0.25, -0.2) is 0 Å². The average molecular weight is 258 g/mol. The Bertz CT molecular complexity index is 535. The molecule has 100 valence electrons. The number of aliphatic hydroxyl groups excluding tert-OH is 1. The molecule has 0 fully saturated rings. The van der Waals surface area contributed by atoms with Gasteiger partial charge in [0.2, 0.25) is 5.91 Å². The molecule has 1 aromatic heterocycles. The van der Waals surface area contributed by atoms with Gasteiger partial charge in [-0.1, -0.05) is 24.3 Å². The molecule has 1 heterocycles. The lowest BCUT2D eigenvalue weighted by Crippen LogP contribution is -2.30. The van der Waals surface area contributed by atoms with Crippen molar-refractivity contribution in [2.45, 2.75) is 26.1 Å². The van der Waals surface area contributed by atoms with Gasteiger partial charge in [0.05, 0.1) is 6.61 Å². The number of nitrogens with zero attached hydrogens (tertiary/aromatic N) is 1. The van der Waals surface area contributed by atoms with Crippen LogP contribution in [0.2, 0.25) is 0 Å². The van der Waals surface area contributed by atoms with Gasteiger partial charge in [0, 0.05) is 18.9 Å². The molecule has 0 saturated heterocycles. The lowest BCUT2D eigenvalue weighted by atomic mass is 10.1. The van der Waals surface area contributed by atoms with Crippen molar-refractivity contribution in [1.82, 2.24) is 9.88 Å². The molecule has 2 N–H and O–H groups in total. The van der Waals surface area contributed by atoms with Crippen molar-refractivity contribution in [2.24, 2.45) is 0 Å². The van der Waals surface area contributed by atoms with Crippen LogP contribution in [-0.2, 0) is 17.9 Å². The Balaban J connectivity index is 1.97. The van der Waals surface area contributed by atoms with E-state index in [0.29, 0.717) is 6.54 Å². The van der Waals surface area contributed by atoms with Gasteiger partial charge in [-0.05, 0) is 30.2 Å². The number of rotatable bonds is 5. The Morgan fingerprint density at radius 3 is 2.47 bits per heavy atom. The molecule has 1 unspecified atom stereocenters. The summed E-state index contributed by atoms with van der Waals surface area (Å²) in [6.07, 6.45) is 3.73. The van der Waals surface area contributed by atoms with E-state index in [1.807, 2.05) is 60.3 Å². The quantitative estimate of drug-likeness (QED) is 0.860. The summed E-state index contributed by atoms with van der Waals surface area (Å²) in [5, 5.41) is 12.1. The van der Waals surface area contributed by atoms with Gasteiger partial charge < -0.3 is 15.0 Å². The van der Waals surface area contributed by atoms with Crippen molar-refractivity contribution in [3.63, 3.8) is 0 Å². The van der Waals surface area contributed by atoms with Gasteiger partial charge in [0.25, 0.3) is 0 Å². The van der Waals surface area contributed by atoms with Gasteiger partial charge in [-0.15, -0.1) is 0 Å². The minimum absolute atomic E-state index is 0.0147. The molecule has 4 nitrogen and oxygen atoms in total. The zero-order valence-corrected chi connectivity index (χ0v) is 10.9. The number of aromatic nitrogens is 1. The number of carbonyl (C=O) groups is 1. The second kappa shape index (κ2) is 6.20. The Morgan fingerprint density at radius 1 is 1.21 bits per heavy atom. The van der Waals surface area contributed by atoms with E-state index < -0.39 is 0 Å². The molecule has 4 heteroatoms. The summed E-state index contributed by atoms with van der Waals surface area (Å²) in [5.41, 5.74) is 1.79. The van der Waals surface area contributed by atoms with E-state index >= 15 is 0 Å². The summed E-state index contributed by atoms with van der Waals surface area (Å²) in [7, 11) is 0. The van der Waals surface area contributed by atoms with Gasteiger partial charge >= 0.3 is 0 Å². The molecule has 0 radical (unpaired) electrons. The van der Waals surface area contributed by atoms with Crippen LogP contribution in [0.15, 0.2) is 48.8 Å². The van der Waals surface area contributed by atoms with Gasteiger partial charge in [-0.2, -0.15) is 0 Å². The Kier molecular flexibility index (Phi) is 4.36. The zero-order valence-electron chi connectivity index (χ0n) is 10.9. The minimum atomic E-state index is -0.240. The normalized spacial score (nSPS) is 12.1. The summed E-state index contributed by atoms with van der Waals surface area (Å²) in [6.45, 7) is 2.27. The fraction of sp³-hybridized carbons (Fsp3) is 0.267. The van der Waals surface area contributed by atoms with Crippen LogP contribution in [0.4, 0.5) is 0 Å². The molecule has 0 spiro atoms. The highest BCUT2D eigenvalue weighted by Gasteiger charge is 2.13. The SMILES string of the molecule is CC(C(=O)NCc1ccccc1CO)n1cccc1. The number of aliphatic hydroxyl groups is 1. The third-order valence-corrected chi connectivity index (χ3v) is 3.20. The number of amides is 1. The minimum Gasteiger partial charge on any atom is -0.392 e. The van der Waals surface area contributed by atoms with Crippen LogP contribution in [0.3, 0.4) is 0 Å². The Morgan fingerprint density at radius 2 is 1.84 bits per heavy atom. The molecule has 0 aliphatic heterocycles. The summed E-state index contributed by atoms with van der Waals surface area (Å²) < 4.78 is 1.85. The first-order chi connectivity index (χ1) is 9.22. The fourth-order valence-corrected chi connectivity index (χ4v) is 1.96. The topological polar surface area (TPSA) is 54.3 Å². The van der Waals surface area contributed by atoms with Crippen molar-refractivity contribution in [3.8, 4) is 0 Å². The van der Waals surface area contributed by atoms with Gasteiger partial charge in [-0.3, -0.25) is 4.79 Å². The first kappa shape index (κ1) is 13.4. The van der Waals surface area contributed by atoms with Crippen molar-refractivity contribution in [2.75, 3.05) is 0 Å². The van der Waals surface area contributed by atoms with Crippen molar-refractivity contribution in [3.05, 3.63) is 59.9 Å². The first-order valence-electron chi connectivity index (χ1n) is 6.30. The first-order valence-corrected chi connectivity index (χ1v) is 6.30. The lowest BCUT2D eigenvalue weighted by Gasteiger charge is -2.15. The highest BCUT2D eigenvalue weighted by molar-refractivity contribution is 5.79. The maximum Gasteiger partial charge on any atom is 0.243 e. The van der Waals surface area contributed by atoms with Crippen LogP contribution in [0.1, 0.15) is 24.1 Å². The molecule has 0 saturated carbocycles. The molecule has 2 aromatic rings. The number of carbonyl (C=O) groups excluding carboxylic acids is 1. The van der Waals surface area contributed by atoms with E-state index in [4.69, 9.17) is 0 Å². The monoisotopic (exact) mass is 258 g/mol. The molecule has 19 heavy (non-hydrogen) atoms. The van der Waals surface area contributed by atoms with E-state index in [0.717, 1.165) is 11.1 Å². The van der Waals surface area contributed by atoms with Crippen LogP contribution in [0.25, 0.3) is 0 Å². The third-order valence-electron chi connectivity index (χ3n) is 3.20. The highest BCUT2D eigenvalue weighted by Crippen LogP contribution is 2.10.